The molecule has 1 aromatic carbocycles. The molecule has 2 amide bonds. The third-order valence-electron chi connectivity index (χ3n) is 7.24. The van der Waals surface area contributed by atoms with Gasteiger partial charge in [0.25, 0.3) is 0 Å². The number of carbonyl (C=O) groups is 1. The molecule has 4 saturated heterocycles. The van der Waals surface area contributed by atoms with Crippen molar-refractivity contribution in [2.24, 2.45) is 0 Å². The molecule has 0 aliphatic carbocycles. The Bertz CT molecular complexity index is 805. The van der Waals surface area contributed by atoms with Gasteiger partial charge >= 0.3 is 6.03 Å². The minimum atomic E-state index is 0.0965. The molecule has 6 heteroatoms. The van der Waals surface area contributed by atoms with E-state index in [1.807, 2.05) is 0 Å². The van der Waals surface area contributed by atoms with Gasteiger partial charge in [-0.2, -0.15) is 0 Å². The van der Waals surface area contributed by atoms with E-state index in [9.17, 15) is 4.79 Å². The first kappa shape index (κ1) is 20.3. The van der Waals surface area contributed by atoms with Crippen molar-refractivity contribution in [3.8, 4) is 0 Å². The molecule has 4 fully saturated rings. The van der Waals surface area contributed by atoms with Crippen LogP contribution in [0.4, 0.5) is 4.79 Å². The molecule has 164 valence electrons. The summed E-state index contributed by atoms with van der Waals surface area (Å²) in [6, 6.07) is 5.37. The first-order valence-electron chi connectivity index (χ1n) is 11.5. The Morgan fingerprint density at radius 1 is 1.20 bits per heavy atom. The Balaban J connectivity index is 1.44. The van der Waals surface area contributed by atoms with Crippen LogP contribution >= 0.6 is 0 Å². The van der Waals surface area contributed by atoms with Crippen LogP contribution in [0.15, 0.2) is 12.1 Å². The maximum Gasteiger partial charge on any atom is 0.320 e. The summed E-state index contributed by atoms with van der Waals surface area (Å²) in [4.78, 5) is 17.6. The summed E-state index contributed by atoms with van der Waals surface area (Å²) >= 11 is 0. The number of benzene rings is 1. The van der Waals surface area contributed by atoms with Crippen LogP contribution in [0.2, 0.25) is 0 Å². The molecule has 5 aliphatic heterocycles. The SMILES string of the molecule is CC(C)(C)c1cc2c(c([C@@H]3COCCN3)c1)CN(C(=O)N1CC3CCC1CO3)CC2. The molecule has 3 atom stereocenters. The molecule has 2 bridgehead atoms. The summed E-state index contributed by atoms with van der Waals surface area (Å²) in [7, 11) is 0. The van der Waals surface area contributed by atoms with E-state index >= 15 is 0 Å². The van der Waals surface area contributed by atoms with E-state index in [1.54, 1.807) is 0 Å². The second-order valence-electron chi connectivity index (χ2n) is 10.3. The van der Waals surface area contributed by atoms with Gasteiger partial charge in [0.2, 0.25) is 0 Å². The number of amides is 2. The maximum absolute atomic E-state index is 13.4. The number of nitrogens with one attached hydrogen (secondary N) is 1. The zero-order chi connectivity index (χ0) is 20.9. The van der Waals surface area contributed by atoms with Crippen molar-refractivity contribution >= 4 is 6.03 Å². The fraction of sp³-hybridized carbons (Fsp3) is 0.708. The minimum absolute atomic E-state index is 0.0965. The third-order valence-corrected chi connectivity index (χ3v) is 7.24. The average molecular weight is 414 g/mol. The lowest BCUT2D eigenvalue weighted by Gasteiger charge is -2.47. The molecular formula is C24H35N3O3. The minimum Gasteiger partial charge on any atom is -0.378 e. The van der Waals surface area contributed by atoms with Crippen molar-refractivity contribution in [3.05, 3.63) is 34.4 Å². The predicted molar refractivity (Wildman–Crippen MR) is 116 cm³/mol. The van der Waals surface area contributed by atoms with Crippen LogP contribution in [0.5, 0.6) is 0 Å². The second kappa shape index (κ2) is 7.81. The number of fused-ring (bicyclic) bond motifs is 4. The molecule has 30 heavy (non-hydrogen) atoms. The Hall–Kier alpha value is -1.63. The van der Waals surface area contributed by atoms with Gasteiger partial charge in [0.05, 0.1) is 38.0 Å². The summed E-state index contributed by atoms with van der Waals surface area (Å²) in [6.07, 6.45) is 3.31. The van der Waals surface area contributed by atoms with E-state index in [1.165, 1.54) is 22.3 Å². The number of piperidine rings is 1. The predicted octanol–water partition coefficient (Wildman–Crippen LogP) is 2.99. The molecule has 5 aliphatic rings. The summed E-state index contributed by atoms with van der Waals surface area (Å²) in [6.45, 7) is 12.1. The van der Waals surface area contributed by atoms with Crippen molar-refractivity contribution in [3.63, 3.8) is 0 Å². The largest absolute Gasteiger partial charge is 0.378 e. The van der Waals surface area contributed by atoms with Gasteiger partial charge in [-0.1, -0.05) is 32.9 Å². The van der Waals surface area contributed by atoms with Gasteiger partial charge < -0.3 is 24.6 Å². The Morgan fingerprint density at radius 2 is 2.07 bits per heavy atom. The molecule has 0 saturated carbocycles. The molecule has 1 aromatic rings. The van der Waals surface area contributed by atoms with Crippen molar-refractivity contribution in [2.75, 3.05) is 39.5 Å². The Morgan fingerprint density at radius 3 is 2.70 bits per heavy atom. The number of urea groups is 1. The summed E-state index contributed by atoms with van der Waals surface area (Å²) in [5.41, 5.74) is 5.51. The molecule has 0 spiro atoms. The highest BCUT2D eigenvalue weighted by atomic mass is 16.5. The Labute approximate surface area is 179 Å². The van der Waals surface area contributed by atoms with Crippen molar-refractivity contribution in [1.82, 2.24) is 15.1 Å². The molecule has 5 heterocycles. The molecule has 6 rings (SSSR count). The fourth-order valence-electron chi connectivity index (χ4n) is 5.34. The van der Waals surface area contributed by atoms with E-state index in [0.717, 1.165) is 45.5 Å². The quantitative estimate of drug-likeness (QED) is 0.769. The van der Waals surface area contributed by atoms with Crippen LogP contribution in [0.3, 0.4) is 0 Å². The normalized spacial score (nSPS) is 29.1. The number of hydrogen-bond acceptors (Lipinski definition) is 4. The smallest absolute Gasteiger partial charge is 0.320 e. The third kappa shape index (κ3) is 3.74. The topological polar surface area (TPSA) is 54.0 Å². The van der Waals surface area contributed by atoms with Gasteiger partial charge in [0.15, 0.2) is 0 Å². The van der Waals surface area contributed by atoms with Gasteiger partial charge in [-0.3, -0.25) is 0 Å². The lowest BCUT2D eigenvalue weighted by molar-refractivity contribution is -0.0923. The number of ether oxygens (including phenoxy) is 2. The number of rotatable bonds is 1. The molecule has 0 aromatic heterocycles. The summed E-state index contributed by atoms with van der Waals surface area (Å²) in [5.74, 6) is 0. The van der Waals surface area contributed by atoms with Crippen LogP contribution in [0, 0.1) is 0 Å². The van der Waals surface area contributed by atoms with E-state index in [2.05, 4.69) is 48.0 Å². The van der Waals surface area contributed by atoms with E-state index < -0.39 is 0 Å². The van der Waals surface area contributed by atoms with Crippen LogP contribution in [0.1, 0.15) is 61.9 Å². The van der Waals surface area contributed by atoms with Crippen molar-refractivity contribution in [1.29, 1.82) is 0 Å². The van der Waals surface area contributed by atoms with Crippen LogP contribution in [-0.2, 0) is 27.9 Å². The summed E-state index contributed by atoms with van der Waals surface area (Å²) in [5, 5.41) is 3.64. The van der Waals surface area contributed by atoms with E-state index in [-0.39, 0.29) is 29.6 Å². The van der Waals surface area contributed by atoms with Crippen molar-refractivity contribution in [2.45, 2.75) is 70.2 Å². The van der Waals surface area contributed by atoms with Crippen LogP contribution in [0.25, 0.3) is 0 Å². The standard InChI is InChI=1S/C24H35N3O3/c1-24(2,3)17-10-16-6-8-26(23(28)27-12-19-5-4-18(27)14-30-19)13-21(16)20(11-17)22-15-29-9-7-25-22/h10-11,18-19,22,25H,4-9,12-15H2,1-3H3/t18?,19?,22-/m0/s1. The van der Waals surface area contributed by atoms with Crippen LogP contribution < -0.4 is 5.32 Å². The van der Waals surface area contributed by atoms with Crippen LogP contribution in [-0.4, -0.2) is 67.4 Å². The summed E-state index contributed by atoms with van der Waals surface area (Å²) < 4.78 is 11.6. The number of carbonyl (C=O) groups excluding carboxylic acids is 1. The monoisotopic (exact) mass is 413 g/mol. The van der Waals surface area contributed by atoms with Gasteiger partial charge in [0, 0.05) is 26.2 Å². The first-order valence-corrected chi connectivity index (χ1v) is 11.5. The lowest BCUT2D eigenvalue weighted by Crippen LogP contribution is -2.60. The average Bonchev–Trinajstić information content (AvgIpc) is 2.78. The molecule has 6 nitrogen and oxygen atoms in total. The highest BCUT2D eigenvalue weighted by Gasteiger charge is 2.40. The van der Waals surface area contributed by atoms with E-state index in [0.29, 0.717) is 19.8 Å². The molecule has 0 radical (unpaired) electrons. The highest BCUT2D eigenvalue weighted by molar-refractivity contribution is 5.75. The van der Waals surface area contributed by atoms with Gasteiger partial charge in [-0.25, -0.2) is 4.79 Å². The zero-order valence-electron chi connectivity index (χ0n) is 18.6. The molecule has 1 N–H and O–H groups in total. The number of nitrogens with zero attached hydrogens (tertiary/aromatic N) is 2. The van der Waals surface area contributed by atoms with E-state index in [4.69, 9.17) is 9.47 Å². The van der Waals surface area contributed by atoms with Gasteiger partial charge in [0.1, 0.15) is 0 Å². The maximum atomic E-state index is 13.4. The number of morpholine rings is 2. The molecular weight excluding hydrogens is 378 g/mol. The molecule has 2 unspecified atom stereocenters. The fourth-order valence-corrected chi connectivity index (χ4v) is 5.34. The van der Waals surface area contributed by atoms with Gasteiger partial charge in [-0.05, 0) is 46.9 Å². The van der Waals surface area contributed by atoms with Gasteiger partial charge in [-0.15, -0.1) is 0 Å². The first-order chi connectivity index (χ1) is 14.4. The highest BCUT2D eigenvalue weighted by Crippen LogP contribution is 2.35. The van der Waals surface area contributed by atoms with Crippen molar-refractivity contribution < 1.29 is 14.3 Å². The lowest BCUT2D eigenvalue weighted by atomic mass is 9.80. The Kier molecular flexibility index (Phi) is 5.28. The zero-order valence-corrected chi connectivity index (χ0v) is 18.6. The number of hydrogen-bond donors (Lipinski definition) is 1. The second-order valence-corrected chi connectivity index (χ2v) is 10.3.